The number of fused-ring (bicyclic) bond motifs is 1. The summed E-state index contributed by atoms with van der Waals surface area (Å²) in [4.78, 5) is 26.3. The molecule has 0 spiro atoms. The number of amides is 1. The van der Waals surface area contributed by atoms with E-state index in [1.54, 1.807) is 66.8 Å². The third-order valence-corrected chi connectivity index (χ3v) is 3.67. The number of benzene rings is 1. The van der Waals surface area contributed by atoms with E-state index in [0.717, 1.165) is 0 Å². The summed E-state index contributed by atoms with van der Waals surface area (Å²) in [5, 5.41) is 4.86. The van der Waals surface area contributed by atoms with E-state index in [0.29, 0.717) is 16.6 Å². The molecule has 2 rings (SSSR count). The zero-order chi connectivity index (χ0) is 22.0. The van der Waals surface area contributed by atoms with Crippen molar-refractivity contribution in [3.8, 4) is 0 Å². The van der Waals surface area contributed by atoms with Crippen LogP contribution in [0.3, 0.4) is 0 Å². The summed E-state index contributed by atoms with van der Waals surface area (Å²) in [7, 11) is 1.63. The highest BCUT2D eigenvalue weighted by atomic mass is 32.1. The predicted octanol–water partition coefficient (Wildman–Crippen LogP) is 3.57. The molecule has 1 amide bonds. The van der Waals surface area contributed by atoms with Gasteiger partial charge in [0.15, 0.2) is 5.11 Å². The smallest absolute Gasteiger partial charge is 0.435 e. The largest absolute Gasteiger partial charge is 0.443 e. The third kappa shape index (κ3) is 5.88. The summed E-state index contributed by atoms with van der Waals surface area (Å²) in [5.74, 6) is 0. The molecule has 1 heterocycles. The van der Waals surface area contributed by atoms with Gasteiger partial charge in [-0.3, -0.25) is 5.43 Å². The maximum Gasteiger partial charge on any atom is 0.435 e. The summed E-state index contributed by atoms with van der Waals surface area (Å²) in [6, 6.07) is 5.01. The van der Waals surface area contributed by atoms with E-state index in [2.05, 4.69) is 16.0 Å². The highest BCUT2D eigenvalue weighted by molar-refractivity contribution is 7.80. The van der Waals surface area contributed by atoms with Crippen LogP contribution >= 0.6 is 12.2 Å². The van der Waals surface area contributed by atoms with Crippen molar-refractivity contribution < 1.29 is 19.1 Å². The standard InChI is InChI=1S/C19H27N5O4S/c1-18(2,3)27-16(25)23(15(29)22-20-7)13-8-9-14-12(10-13)11-21-24(14)17(26)28-19(4,5)6/h8-11,20H,1-7H3,(H,22,29). The minimum atomic E-state index is -0.698. The Morgan fingerprint density at radius 3 is 2.28 bits per heavy atom. The van der Waals surface area contributed by atoms with E-state index >= 15 is 0 Å². The molecule has 0 fully saturated rings. The number of carbonyl (C=O) groups excluding carboxylic acids is 2. The molecule has 0 unspecified atom stereocenters. The molecule has 158 valence electrons. The summed E-state index contributed by atoms with van der Waals surface area (Å²) in [6.07, 6.45) is 0.297. The monoisotopic (exact) mass is 421 g/mol. The average Bonchev–Trinajstić information content (AvgIpc) is 2.95. The van der Waals surface area contributed by atoms with Gasteiger partial charge in [0.2, 0.25) is 0 Å². The summed E-state index contributed by atoms with van der Waals surface area (Å²) in [5.41, 5.74) is 5.07. The lowest BCUT2D eigenvalue weighted by atomic mass is 10.2. The first-order valence-electron chi connectivity index (χ1n) is 9.03. The zero-order valence-electron chi connectivity index (χ0n) is 17.7. The number of hydrogen-bond donors (Lipinski definition) is 2. The molecule has 0 aliphatic rings. The second-order valence-corrected chi connectivity index (χ2v) is 8.66. The number of nitrogens with one attached hydrogen (secondary N) is 2. The van der Waals surface area contributed by atoms with E-state index < -0.39 is 23.4 Å². The highest BCUT2D eigenvalue weighted by Crippen LogP contribution is 2.25. The van der Waals surface area contributed by atoms with Gasteiger partial charge in [0, 0.05) is 12.4 Å². The van der Waals surface area contributed by atoms with Gasteiger partial charge in [0.05, 0.1) is 17.4 Å². The van der Waals surface area contributed by atoms with Gasteiger partial charge in [0.25, 0.3) is 0 Å². The van der Waals surface area contributed by atoms with Gasteiger partial charge in [-0.25, -0.2) is 19.9 Å². The first kappa shape index (κ1) is 22.6. The van der Waals surface area contributed by atoms with E-state index in [1.165, 1.54) is 15.8 Å². The normalized spacial score (nSPS) is 11.8. The third-order valence-electron chi connectivity index (χ3n) is 3.39. The molecule has 29 heavy (non-hydrogen) atoms. The molecular weight excluding hydrogens is 394 g/mol. The summed E-state index contributed by atoms with van der Waals surface area (Å²) in [6.45, 7) is 10.7. The van der Waals surface area contributed by atoms with Crippen molar-refractivity contribution in [3.05, 3.63) is 24.4 Å². The lowest BCUT2D eigenvalue weighted by molar-refractivity contribution is 0.0521. The number of carbonyl (C=O) groups is 2. The molecule has 10 heteroatoms. The zero-order valence-corrected chi connectivity index (χ0v) is 18.5. The molecule has 0 saturated heterocycles. The number of aromatic nitrogens is 2. The van der Waals surface area contributed by atoms with Crippen molar-refractivity contribution >= 4 is 46.1 Å². The Balaban J connectivity index is 2.42. The second-order valence-electron chi connectivity index (χ2n) is 8.28. The lowest BCUT2D eigenvalue weighted by Crippen LogP contribution is -2.49. The maximum atomic E-state index is 12.7. The molecule has 0 radical (unpaired) electrons. The fourth-order valence-electron chi connectivity index (χ4n) is 2.39. The van der Waals surface area contributed by atoms with Crippen LogP contribution in [-0.4, -0.2) is 45.3 Å². The molecule has 1 aromatic heterocycles. The minimum absolute atomic E-state index is 0.112. The van der Waals surface area contributed by atoms with Crippen LogP contribution in [0.5, 0.6) is 0 Å². The van der Waals surface area contributed by atoms with E-state index in [-0.39, 0.29) is 5.11 Å². The summed E-state index contributed by atoms with van der Waals surface area (Å²) >= 11 is 5.31. The number of hydrogen-bond acceptors (Lipinski definition) is 7. The molecular formula is C19H27N5O4S. The molecule has 1 aromatic carbocycles. The van der Waals surface area contributed by atoms with Crippen LogP contribution in [0.4, 0.5) is 15.3 Å². The van der Waals surface area contributed by atoms with Crippen LogP contribution in [-0.2, 0) is 9.47 Å². The molecule has 2 aromatic rings. The Hall–Kier alpha value is -2.72. The van der Waals surface area contributed by atoms with Crippen LogP contribution in [0, 0.1) is 0 Å². The van der Waals surface area contributed by atoms with Crippen molar-refractivity contribution in [2.45, 2.75) is 52.7 Å². The Labute approximate surface area is 175 Å². The Morgan fingerprint density at radius 1 is 1.10 bits per heavy atom. The molecule has 0 saturated carbocycles. The van der Waals surface area contributed by atoms with E-state index in [9.17, 15) is 9.59 Å². The van der Waals surface area contributed by atoms with Crippen molar-refractivity contribution in [2.24, 2.45) is 0 Å². The Bertz CT molecular complexity index is 927. The van der Waals surface area contributed by atoms with Crippen LogP contribution in [0.15, 0.2) is 24.4 Å². The van der Waals surface area contributed by atoms with Crippen LogP contribution in [0.1, 0.15) is 41.5 Å². The second kappa shape index (κ2) is 8.34. The first-order valence-corrected chi connectivity index (χ1v) is 9.44. The number of ether oxygens (including phenoxy) is 2. The van der Waals surface area contributed by atoms with Gasteiger partial charge in [-0.05, 0) is 72.0 Å². The number of nitrogens with zero attached hydrogens (tertiary/aromatic N) is 3. The molecule has 0 aliphatic heterocycles. The Morgan fingerprint density at radius 2 is 1.72 bits per heavy atom. The minimum Gasteiger partial charge on any atom is -0.443 e. The average molecular weight is 422 g/mol. The molecule has 0 aliphatic carbocycles. The Kier molecular flexibility index (Phi) is 6.49. The summed E-state index contributed by atoms with van der Waals surface area (Å²) < 4.78 is 12.0. The molecule has 9 nitrogen and oxygen atoms in total. The number of hydrazine groups is 1. The maximum absolute atomic E-state index is 12.7. The van der Waals surface area contributed by atoms with Crippen molar-refractivity contribution in [2.75, 3.05) is 11.9 Å². The van der Waals surface area contributed by atoms with E-state index in [4.69, 9.17) is 21.7 Å². The van der Waals surface area contributed by atoms with Crippen LogP contribution in [0.2, 0.25) is 0 Å². The fourth-order valence-corrected chi connectivity index (χ4v) is 2.67. The first-order chi connectivity index (χ1) is 13.3. The van der Waals surface area contributed by atoms with Crippen LogP contribution < -0.4 is 15.8 Å². The van der Waals surface area contributed by atoms with Gasteiger partial charge in [-0.1, -0.05) is 0 Å². The fraction of sp³-hybridized carbons (Fsp3) is 0.474. The van der Waals surface area contributed by atoms with Gasteiger partial charge < -0.3 is 9.47 Å². The van der Waals surface area contributed by atoms with Gasteiger partial charge >= 0.3 is 12.2 Å². The van der Waals surface area contributed by atoms with Crippen molar-refractivity contribution in [1.29, 1.82) is 0 Å². The lowest BCUT2D eigenvalue weighted by Gasteiger charge is -2.27. The molecule has 0 bridgehead atoms. The van der Waals surface area contributed by atoms with Gasteiger partial charge in [-0.15, -0.1) is 0 Å². The SMILES string of the molecule is CNNC(=S)N(C(=O)OC(C)(C)C)c1ccc2c(cnn2C(=O)OC(C)(C)C)c1. The molecule has 0 atom stereocenters. The van der Waals surface area contributed by atoms with Gasteiger partial charge in [0.1, 0.15) is 11.2 Å². The predicted molar refractivity (Wildman–Crippen MR) is 115 cm³/mol. The van der Waals surface area contributed by atoms with Crippen molar-refractivity contribution in [1.82, 2.24) is 20.6 Å². The number of thiocarbonyl (C=S) groups is 1. The quantitative estimate of drug-likeness (QED) is 0.561. The number of anilines is 1. The van der Waals surface area contributed by atoms with E-state index in [1.807, 2.05) is 0 Å². The van der Waals surface area contributed by atoms with Gasteiger partial charge in [-0.2, -0.15) is 9.78 Å². The highest BCUT2D eigenvalue weighted by Gasteiger charge is 2.27. The van der Waals surface area contributed by atoms with Crippen molar-refractivity contribution in [3.63, 3.8) is 0 Å². The molecule has 2 N–H and O–H groups in total. The number of rotatable bonds is 2. The topological polar surface area (TPSA) is 97.7 Å². The van der Waals surface area contributed by atoms with Crippen LogP contribution in [0.25, 0.3) is 10.9 Å².